The number of anilines is 2. The molecule has 2 aromatic rings. The third-order valence-corrected chi connectivity index (χ3v) is 6.06. The van der Waals surface area contributed by atoms with Gasteiger partial charge in [-0.25, -0.2) is 4.98 Å². The van der Waals surface area contributed by atoms with Crippen LogP contribution < -0.4 is 19.7 Å². The van der Waals surface area contributed by atoms with E-state index in [2.05, 4.69) is 39.2 Å². The second kappa shape index (κ2) is 7.75. The Labute approximate surface area is 176 Å². The van der Waals surface area contributed by atoms with Gasteiger partial charge in [0.25, 0.3) is 0 Å². The lowest BCUT2D eigenvalue weighted by atomic mass is 9.87. The third-order valence-electron chi connectivity index (χ3n) is 6.06. The van der Waals surface area contributed by atoms with Gasteiger partial charge in [-0.3, -0.25) is 9.69 Å². The molecule has 1 atom stereocenters. The highest BCUT2D eigenvalue weighted by Gasteiger charge is 2.29. The molecule has 1 N–H and O–H groups in total. The molecule has 1 aromatic heterocycles. The largest absolute Gasteiger partial charge is 0.454 e. The van der Waals surface area contributed by atoms with Gasteiger partial charge in [0.1, 0.15) is 5.82 Å². The average Bonchev–Trinajstić information content (AvgIpc) is 3.21. The SMILES string of the molecule is CNc1nc(N2CCN(Cc3ccc4c(c3)OCO4)CC2)nc2c1C(=O)C[C@H](C)C2. The van der Waals surface area contributed by atoms with Gasteiger partial charge in [0.2, 0.25) is 12.7 Å². The average molecular weight is 409 g/mol. The number of fused-ring (bicyclic) bond motifs is 2. The number of ether oxygens (including phenoxy) is 2. The van der Waals surface area contributed by atoms with E-state index in [9.17, 15) is 4.79 Å². The quantitative estimate of drug-likeness (QED) is 0.824. The van der Waals surface area contributed by atoms with Gasteiger partial charge in [0, 0.05) is 46.2 Å². The minimum absolute atomic E-state index is 0.146. The lowest BCUT2D eigenvalue weighted by Crippen LogP contribution is -2.46. The molecule has 2 aliphatic heterocycles. The second-order valence-corrected chi connectivity index (χ2v) is 8.33. The normalized spacial score (nSPS) is 20.9. The highest BCUT2D eigenvalue weighted by molar-refractivity contribution is 6.02. The zero-order chi connectivity index (χ0) is 20.7. The lowest BCUT2D eigenvalue weighted by Gasteiger charge is -2.35. The Morgan fingerprint density at radius 3 is 2.70 bits per heavy atom. The molecule has 1 aromatic carbocycles. The van der Waals surface area contributed by atoms with E-state index in [0.29, 0.717) is 30.5 Å². The molecule has 0 unspecified atom stereocenters. The molecule has 158 valence electrons. The molecule has 0 spiro atoms. The van der Waals surface area contributed by atoms with Crippen LogP contribution in [-0.2, 0) is 13.0 Å². The topological polar surface area (TPSA) is 79.8 Å². The highest BCUT2D eigenvalue weighted by Crippen LogP contribution is 2.33. The molecule has 30 heavy (non-hydrogen) atoms. The minimum atomic E-state index is 0.146. The Morgan fingerprint density at radius 1 is 1.10 bits per heavy atom. The van der Waals surface area contributed by atoms with Gasteiger partial charge < -0.3 is 19.7 Å². The van der Waals surface area contributed by atoms with Crippen molar-refractivity contribution in [1.82, 2.24) is 14.9 Å². The first kappa shape index (κ1) is 19.1. The number of carbonyl (C=O) groups is 1. The van der Waals surface area contributed by atoms with E-state index in [0.717, 1.165) is 62.3 Å². The van der Waals surface area contributed by atoms with Crippen LogP contribution in [0.5, 0.6) is 11.5 Å². The van der Waals surface area contributed by atoms with Crippen LogP contribution in [0.15, 0.2) is 18.2 Å². The summed E-state index contributed by atoms with van der Waals surface area (Å²) in [5, 5.41) is 3.11. The molecular formula is C22H27N5O3. The number of nitrogens with one attached hydrogen (secondary N) is 1. The molecule has 0 saturated carbocycles. The predicted molar refractivity (Wildman–Crippen MR) is 113 cm³/mol. The van der Waals surface area contributed by atoms with Crippen molar-refractivity contribution in [2.24, 2.45) is 5.92 Å². The number of rotatable bonds is 4. The summed E-state index contributed by atoms with van der Waals surface area (Å²) < 4.78 is 10.9. The Hall–Kier alpha value is -2.87. The summed E-state index contributed by atoms with van der Waals surface area (Å²) in [6.45, 7) is 6.86. The van der Waals surface area contributed by atoms with E-state index in [1.807, 2.05) is 13.1 Å². The van der Waals surface area contributed by atoms with E-state index in [4.69, 9.17) is 14.5 Å². The molecule has 1 aliphatic carbocycles. The number of nitrogens with zero attached hydrogens (tertiary/aromatic N) is 4. The number of hydrogen-bond acceptors (Lipinski definition) is 8. The van der Waals surface area contributed by atoms with Crippen molar-refractivity contribution in [3.05, 3.63) is 35.0 Å². The highest BCUT2D eigenvalue weighted by atomic mass is 16.7. The summed E-state index contributed by atoms with van der Waals surface area (Å²) in [6, 6.07) is 6.15. The molecule has 3 heterocycles. The first-order valence-electron chi connectivity index (χ1n) is 10.6. The molecule has 0 amide bonds. The maximum atomic E-state index is 12.5. The van der Waals surface area contributed by atoms with Crippen molar-refractivity contribution in [3.63, 3.8) is 0 Å². The fourth-order valence-electron chi connectivity index (χ4n) is 4.48. The van der Waals surface area contributed by atoms with Crippen LogP contribution >= 0.6 is 0 Å². The molecule has 1 fully saturated rings. The first-order chi connectivity index (χ1) is 14.6. The van der Waals surface area contributed by atoms with E-state index in [1.165, 1.54) is 5.56 Å². The van der Waals surface area contributed by atoms with Crippen molar-refractivity contribution in [2.75, 3.05) is 50.2 Å². The standard InChI is InChI=1S/C22H27N5O3/c1-14-9-16-20(17(28)10-14)21(23-2)25-22(24-16)27-7-5-26(6-8-27)12-15-3-4-18-19(11-15)30-13-29-18/h3-4,11,14H,5-10,12-13H2,1-2H3,(H,23,24,25)/t14-/m1/s1. The Bertz CT molecular complexity index is 971. The Balaban J connectivity index is 1.27. The van der Waals surface area contributed by atoms with Crippen LogP contribution in [0.3, 0.4) is 0 Å². The summed E-state index contributed by atoms with van der Waals surface area (Å²) in [4.78, 5) is 26.6. The Morgan fingerprint density at radius 2 is 1.90 bits per heavy atom. The molecule has 8 heteroatoms. The van der Waals surface area contributed by atoms with Gasteiger partial charge in [-0.1, -0.05) is 13.0 Å². The molecule has 0 radical (unpaired) electrons. The zero-order valence-electron chi connectivity index (χ0n) is 17.5. The molecule has 3 aliphatic rings. The van der Waals surface area contributed by atoms with E-state index >= 15 is 0 Å². The van der Waals surface area contributed by atoms with Crippen LogP contribution in [0.2, 0.25) is 0 Å². The molecule has 5 rings (SSSR count). The van der Waals surface area contributed by atoms with Crippen molar-refractivity contribution in [1.29, 1.82) is 0 Å². The summed E-state index contributed by atoms with van der Waals surface area (Å²) in [7, 11) is 1.82. The van der Waals surface area contributed by atoms with Crippen LogP contribution in [-0.4, -0.2) is 60.7 Å². The maximum absolute atomic E-state index is 12.5. The monoisotopic (exact) mass is 409 g/mol. The first-order valence-corrected chi connectivity index (χ1v) is 10.6. The molecule has 0 bridgehead atoms. The summed E-state index contributed by atoms with van der Waals surface area (Å²) in [5.41, 5.74) is 2.79. The minimum Gasteiger partial charge on any atom is -0.454 e. The smallest absolute Gasteiger partial charge is 0.231 e. The van der Waals surface area contributed by atoms with Gasteiger partial charge in [-0.15, -0.1) is 0 Å². The number of carbonyl (C=O) groups excluding carboxylic acids is 1. The zero-order valence-corrected chi connectivity index (χ0v) is 17.5. The number of hydrogen-bond donors (Lipinski definition) is 1. The van der Waals surface area contributed by atoms with Gasteiger partial charge >= 0.3 is 0 Å². The van der Waals surface area contributed by atoms with Gasteiger partial charge in [-0.05, 0) is 30.0 Å². The number of aromatic nitrogens is 2. The number of benzene rings is 1. The lowest BCUT2D eigenvalue weighted by molar-refractivity contribution is 0.0952. The number of Topliss-reactive ketones (excluding diaryl/α,β-unsaturated/α-hetero) is 1. The van der Waals surface area contributed by atoms with E-state index in [1.54, 1.807) is 0 Å². The molecular weight excluding hydrogens is 382 g/mol. The van der Waals surface area contributed by atoms with Crippen LogP contribution in [0.4, 0.5) is 11.8 Å². The number of ketones is 1. The summed E-state index contributed by atoms with van der Waals surface area (Å²) in [6.07, 6.45) is 1.40. The van der Waals surface area contributed by atoms with Crippen LogP contribution in [0.25, 0.3) is 0 Å². The van der Waals surface area contributed by atoms with Crippen molar-refractivity contribution < 1.29 is 14.3 Å². The van der Waals surface area contributed by atoms with E-state index in [-0.39, 0.29) is 5.78 Å². The van der Waals surface area contributed by atoms with E-state index < -0.39 is 0 Å². The van der Waals surface area contributed by atoms with Crippen molar-refractivity contribution in [3.8, 4) is 11.5 Å². The molecule has 1 saturated heterocycles. The van der Waals surface area contributed by atoms with Gasteiger partial charge in [0.05, 0.1) is 11.3 Å². The predicted octanol–water partition coefficient (Wildman–Crippen LogP) is 2.33. The fraction of sp³-hybridized carbons (Fsp3) is 0.500. The van der Waals surface area contributed by atoms with Crippen molar-refractivity contribution in [2.45, 2.75) is 26.3 Å². The number of piperazine rings is 1. The maximum Gasteiger partial charge on any atom is 0.231 e. The Kier molecular flexibility index (Phi) is 4.94. The summed E-state index contributed by atoms with van der Waals surface area (Å²) in [5.74, 6) is 3.51. The summed E-state index contributed by atoms with van der Waals surface area (Å²) >= 11 is 0. The second-order valence-electron chi connectivity index (χ2n) is 8.33. The van der Waals surface area contributed by atoms with Gasteiger partial charge in [-0.2, -0.15) is 4.98 Å². The van der Waals surface area contributed by atoms with Crippen LogP contribution in [0, 0.1) is 5.92 Å². The third kappa shape index (κ3) is 3.56. The van der Waals surface area contributed by atoms with Crippen LogP contribution in [0.1, 0.15) is 35.0 Å². The fourth-order valence-corrected chi connectivity index (χ4v) is 4.48. The van der Waals surface area contributed by atoms with Crippen molar-refractivity contribution >= 4 is 17.5 Å². The van der Waals surface area contributed by atoms with Gasteiger partial charge in [0.15, 0.2) is 17.3 Å². The molecule has 8 nitrogen and oxygen atoms in total.